The van der Waals surface area contributed by atoms with Gasteiger partial charge in [-0.15, -0.1) is 11.3 Å². The van der Waals surface area contributed by atoms with Gasteiger partial charge in [0.1, 0.15) is 5.75 Å². The lowest BCUT2D eigenvalue weighted by atomic mass is 10.2. The first kappa shape index (κ1) is 15.4. The Balaban J connectivity index is 1.94. The predicted octanol–water partition coefficient (Wildman–Crippen LogP) is 3.06. The SMILES string of the molecule is CCCOc1cccc(C(=O)NC(=S)Nc2nccs2)c1. The highest BCUT2D eigenvalue weighted by atomic mass is 32.1. The van der Waals surface area contributed by atoms with Crippen molar-refractivity contribution in [3.8, 4) is 5.75 Å². The molecule has 0 aliphatic rings. The number of carbonyl (C=O) groups excluding carboxylic acids is 1. The second-order valence-electron chi connectivity index (χ2n) is 4.12. The normalized spacial score (nSPS) is 9.95. The van der Waals surface area contributed by atoms with Gasteiger partial charge in [0.15, 0.2) is 10.2 Å². The molecule has 2 aromatic rings. The number of benzene rings is 1. The van der Waals surface area contributed by atoms with E-state index in [0.29, 0.717) is 23.1 Å². The van der Waals surface area contributed by atoms with Crippen LogP contribution in [0.1, 0.15) is 23.7 Å². The number of rotatable bonds is 5. The summed E-state index contributed by atoms with van der Waals surface area (Å²) in [5.41, 5.74) is 0.492. The van der Waals surface area contributed by atoms with Gasteiger partial charge in [-0.25, -0.2) is 4.98 Å². The molecule has 2 rings (SSSR count). The Hall–Kier alpha value is -1.99. The van der Waals surface area contributed by atoms with Crippen molar-refractivity contribution in [2.75, 3.05) is 11.9 Å². The number of hydrogen-bond acceptors (Lipinski definition) is 5. The molecule has 0 unspecified atom stereocenters. The molecule has 2 N–H and O–H groups in total. The van der Waals surface area contributed by atoms with Gasteiger partial charge in [0.2, 0.25) is 0 Å². The van der Waals surface area contributed by atoms with E-state index in [1.165, 1.54) is 11.3 Å². The van der Waals surface area contributed by atoms with Crippen LogP contribution in [0, 0.1) is 0 Å². The molecule has 0 fully saturated rings. The Morgan fingerprint density at radius 3 is 3.05 bits per heavy atom. The lowest BCUT2D eigenvalue weighted by molar-refractivity contribution is 0.0977. The summed E-state index contributed by atoms with van der Waals surface area (Å²) in [6.45, 7) is 2.65. The zero-order chi connectivity index (χ0) is 15.1. The number of thiocarbonyl (C=S) groups is 1. The molecule has 1 amide bonds. The summed E-state index contributed by atoms with van der Waals surface area (Å²) in [4.78, 5) is 16.1. The first-order valence-electron chi connectivity index (χ1n) is 6.43. The average Bonchev–Trinajstić information content (AvgIpc) is 2.98. The van der Waals surface area contributed by atoms with Crippen LogP contribution in [0.25, 0.3) is 0 Å². The second-order valence-corrected chi connectivity index (χ2v) is 5.42. The summed E-state index contributed by atoms with van der Waals surface area (Å²) < 4.78 is 5.50. The van der Waals surface area contributed by atoms with Crippen molar-refractivity contribution >= 4 is 39.7 Å². The number of thiazole rings is 1. The number of ether oxygens (including phenoxy) is 1. The summed E-state index contributed by atoms with van der Waals surface area (Å²) in [6.07, 6.45) is 2.57. The Labute approximate surface area is 132 Å². The van der Waals surface area contributed by atoms with Crippen molar-refractivity contribution in [2.45, 2.75) is 13.3 Å². The molecule has 0 aliphatic heterocycles. The average molecular weight is 321 g/mol. The minimum absolute atomic E-state index is 0.217. The van der Waals surface area contributed by atoms with Crippen LogP contribution in [0.2, 0.25) is 0 Å². The van der Waals surface area contributed by atoms with Crippen molar-refractivity contribution in [2.24, 2.45) is 0 Å². The lowest BCUT2D eigenvalue weighted by Gasteiger charge is -2.09. The van der Waals surface area contributed by atoms with Crippen LogP contribution in [0.3, 0.4) is 0 Å². The van der Waals surface area contributed by atoms with E-state index in [9.17, 15) is 4.79 Å². The number of nitrogens with one attached hydrogen (secondary N) is 2. The van der Waals surface area contributed by atoms with E-state index >= 15 is 0 Å². The lowest BCUT2D eigenvalue weighted by Crippen LogP contribution is -2.34. The Kier molecular flexibility index (Phi) is 5.65. The highest BCUT2D eigenvalue weighted by molar-refractivity contribution is 7.80. The quantitative estimate of drug-likeness (QED) is 0.829. The van der Waals surface area contributed by atoms with Crippen molar-refractivity contribution < 1.29 is 9.53 Å². The second kappa shape index (κ2) is 7.70. The van der Waals surface area contributed by atoms with Crippen LogP contribution < -0.4 is 15.4 Å². The minimum atomic E-state index is -0.286. The molecule has 1 aromatic heterocycles. The summed E-state index contributed by atoms with van der Waals surface area (Å²) >= 11 is 6.48. The fourth-order valence-corrected chi connectivity index (χ4v) is 2.32. The number of hydrogen-bond donors (Lipinski definition) is 2. The topological polar surface area (TPSA) is 63.2 Å². The fraction of sp³-hybridized carbons (Fsp3) is 0.214. The van der Waals surface area contributed by atoms with Gasteiger partial charge in [0.05, 0.1) is 6.61 Å². The molecular weight excluding hydrogens is 306 g/mol. The Morgan fingerprint density at radius 2 is 2.33 bits per heavy atom. The maximum atomic E-state index is 12.1. The highest BCUT2D eigenvalue weighted by Crippen LogP contribution is 2.14. The summed E-state index contributed by atoms with van der Waals surface area (Å²) in [7, 11) is 0. The first-order chi connectivity index (χ1) is 10.2. The zero-order valence-electron chi connectivity index (χ0n) is 11.5. The molecule has 0 atom stereocenters. The van der Waals surface area contributed by atoms with Gasteiger partial charge in [-0.2, -0.15) is 0 Å². The zero-order valence-corrected chi connectivity index (χ0v) is 13.1. The van der Waals surface area contributed by atoms with Gasteiger partial charge >= 0.3 is 0 Å². The van der Waals surface area contributed by atoms with Gasteiger partial charge in [-0.1, -0.05) is 13.0 Å². The predicted molar refractivity (Wildman–Crippen MR) is 88.0 cm³/mol. The summed E-state index contributed by atoms with van der Waals surface area (Å²) in [6, 6.07) is 6.99. The largest absolute Gasteiger partial charge is 0.494 e. The van der Waals surface area contributed by atoms with Gasteiger partial charge < -0.3 is 10.1 Å². The molecule has 0 saturated carbocycles. The van der Waals surface area contributed by atoms with Crippen LogP contribution in [0.5, 0.6) is 5.75 Å². The smallest absolute Gasteiger partial charge is 0.257 e. The standard InChI is InChI=1S/C14H15N3O2S2/c1-2-7-19-11-5-3-4-10(9-11)12(18)16-13(20)17-14-15-6-8-21-14/h3-6,8-9H,2,7H2,1H3,(H2,15,16,17,18,20). The van der Waals surface area contributed by atoms with E-state index in [4.69, 9.17) is 17.0 Å². The number of amides is 1. The molecular formula is C14H15N3O2S2. The molecule has 1 heterocycles. The number of aromatic nitrogens is 1. The maximum Gasteiger partial charge on any atom is 0.257 e. The third-order valence-corrected chi connectivity index (χ3v) is 3.34. The molecule has 5 nitrogen and oxygen atoms in total. The highest BCUT2D eigenvalue weighted by Gasteiger charge is 2.09. The number of carbonyl (C=O) groups is 1. The van der Waals surface area contributed by atoms with Crippen LogP contribution >= 0.6 is 23.6 Å². The summed E-state index contributed by atoms with van der Waals surface area (Å²) in [5.74, 6) is 0.384. The van der Waals surface area contributed by atoms with E-state index in [0.717, 1.165) is 6.42 Å². The fourth-order valence-electron chi connectivity index (χ4n) is 1.54. The minimum Gasteiger partial charge on any atom is -0.494 e. The van der Waals surface area contributed by atoms with Gasteiger partial charge in [0.25, 0.3) is 5.91 Å². The number of anilines is 1. The maximum absolute atomic E-state index is 12.1. The van der Waals surface area contributed by atoms with Crippen molar-refractivity contribution in [1.29, 1.82) is 0 Å². The molecule has 0 aliphatic carbocycles. The van der Waals surface area contributed by atoms with E-state index in [1.54, 1.807) is 24.4 Å². The monoisotopic (exact) mass is 321 g/mol. The summed E-state index contributed by atoms with van der Waals surface area (Å²) in [5, 5.41) is 8.13. The van der Waals surface area contributed by atoms with Crippen LogP contribution in [-0.4, -0.2) is 22.6 Å². The van der Waals surface area contributed by atoms with Crippen molar-refractivity contribution in [1.82, 2.24) is 10.3 Å². The van der Waals surface area contributed by atoms with Gasteiger partial charge in [-0.3, -0.25) is 10.1 Å². The Morgan fingerprint density at radius 1 is 1.48 bits per heavy atom. The molecule has 0 spiro atoms. The first-order valence-corrected chi connectivity index (χ1v) is 7.72. The molecule has 110 valence electrons. The molecule has 0 radical (unpaired) electrons. The van der Waals surface area contributed by atoms with Crippen LogP contribution in [-0.2, 0) is 0 Å². The molecule has 21 heavy (non-hydrogen) atoms. The van der Waals surface area contributed by atoms with Crippen molar-refractivity contribution in [3.63, 3.8) is 0 Å². The molecule has 1 aromatic carbocycles. The van der Waals surface area contributed by atoms with Crippen LogP contribution in [0.4, 0.5) is 5.13 Å². The van der Waals surface area contributed by atoms with Crippen LogP contribution in [0.15, 0.2) is 35.8 Å². The van der Waals surface area contributed by atoms with Crippen molar-refractivity contribution in [3.05, 3.63) is 41.4 Å². The number of nitrogens with zero attached hydrogens (tertiary/aromatic N) is 1. The third-order valence-electron chi connectivity index (χ3n) is 2.45. The van der Waals surface area contributed by atoms with E-state index in [1.807, 2.05) is 18.4 Å². The Bertz CT molecular complexity index is 614. The molecule has 0 bridgehead atoms. The molecule has 7 heteroatoms. The third kappa shape index (κ3) is 4.80. The van der Waals surface area contributed by atoms with E-state index in [-0.39, 0.29) is 11.0 Å². The van der Waals surface area contributed by atoms with Gasteiger partial charge in [0, 0.05) is 17.1 Å². The van der Waals surface area contributed by atoms with E-state index < -0.39 is 0 Å². The van der Waals surface area contributed by atoms with E-state index in [2.05, 4.69) is 15.6 Å². The molecule has 0 saturated heterocycles. The van der Waals surface area contributed by atoms with Gasteiger partial charge in [-0.05, 0) is 36.8 Å².